The number of nitrogens with one attached hydrogen (secondary N) is 1. The fourth-order valence-electron chi connectivity index (χ4n) is 3.24. The molecule has 4 nitrogen and oxygen atoms in total. The topological polar surface area (TPSA) is 40.0 Å². The summed E-state index contributed by atoms with van der Waals surface area (Å²) in [7, 11) is 0. The standard InChI is InChI=1S/C20H29NO3/c1-3-8-17-9-5-6-10-19(17)24-16-7-13-21-14-11-18(12-15-21)20(22)23-4-2/h3,5-6,9-10,18H,1,4,7-8,11-16H2,2H3/p+1. The highest BCUT2D eigenvalue weighted by Crippen LogP contribution is 2.18. The van der Waals surface area contributed by atoms with Gasteiger partial charge in [0.15, 0.2) is 0 Å². The summed E-state index contributed by atoms with van der Waals surface area (Å²) < 4.78 is 11.1. The van der Waals surface area contributed by atoms with E-state index >= 15 is 0 Å². The Morgan fingerprint density at radius 3 is 2.79 bits per heavy atom. The predicted octanol–water partition coefficient (Wildman–Crippen LogP) is 2.04. The summed E-state index contributed by atoms with van der Waals surface area (Å²) in [5.74, 6) is 1.06. The molecular weight excluding hydrogens is 302 g/mol. The van der Waals surface area contributed by atoms with Crippen molar-refractivity contribution in [1.82, 2.24) is 0 Å². The van der Waals surface area contributed by atoms with E-state index in [2.05, 4.69) is 12.6 Å². The van der Waals surface area contributed by atoms with Crippen LogP contribution >= 0.6 is 0 Å². The van der Waals surface area contributed by atoms with Gasteiger partial charge >= 0.3 is 5.97 Å². The van der Waals surface area contributed by atoms with Gasteiger partial charge in [0.25, 0.3) is 0 Å². The first kappa shape index (κ1) is 18.5. The number of para-hydroxylation sites is 1. The summed E-state index contributed by atoms with van der Waals surface area (Å²) in [6.45, 7) is 10.1. The lowest BCUT2D eigenvalue weighted by Crippen LogP contribution is -3.13. The lowest BCUT2D eigenvalue weighted by molar-refractivity contribution is -0.906. The van der Waals surface area contributed by atoms with Crippen molar-refractivity contribution in [2.45, 2.75) is 32.6 Å². The molecular formula is C20H30NO3+. The largest absolute Gasteiger partial charge is 0.493 e. The molecule has 4 heteroatoms. The Bertz CT molecular complexity index is 521. The number of rotatable bonds is 9. The zero-order valence-corrected chi connectivity index (χ0v) is 14.8. The van der Waals surface area contributed by atoms with Gasteiger partial charge in [-0.25, -0.2) is 0 Å². The van der Waals surface area contributed by atoms with Crippen LogP contribution in [0.2, 0.25) is 0 Å². The second kappa shape index (κ2) is 10.1. The number of carbonyl (C=O) groups is 1. The molecule has 1 saturated heterocycles. The zero-order valence-electron chi connectivity index (χ0n) is 14.8. The predicted molar refractivity (Wildman–Crippen MR) is 95.4 cm³/mol. The average Bonchev–Trinajstić information content (AvgIpc) is 2.61. The van der Waals surface area contributed by atoms with E-state index in [9.17, 15) is 4.79 Å². The van der Waals surface area contributed by atoms with Crippen molar-refractivity contribution >= 4 is 5.97 Å². The van der Waals surface area contributed by atoms with Crippen molar-refractivity contribution < 1.29 is 19.2 Å². The van der Waals surface area contributed by atoms with Crippen LogP contribution in [0.15, 0.2) is 36.9 Å². The summed E-state index contributed by atoms with van der Waals surface area (Å²) in [5.41, 5.74) is 1.19. The number of hydrogen-bond acceptors (Lipinski definition) is 3. The maximum absolute atomic E-state index is 11.7. The molecule has 0 bridgehead atoms. The van der Waals surface area contributed by atoms with E-state index in [1.54, 1.807) is 4.90 Å². The molecule has 1 aromatic carbocycles. The van der Waals surface area contributed by atoms with E-state index in [4.69, 9.17) is 9.47 Å². The molecule has 0 spiro atoms. The van der Waals surface area contributed by atoms with Gasteiger partial charge in [-0.2, -0.15) is 0 Å². The Balaban J connectivity index is 1.65. The van der Waals surface area contributed by atoms with E-state index in [0.717, 1.165) is 57.7 Å². The number of piperidine rings is 1. The number of allylic oxidation sites excluding steroid dienone is 1. The van der Waals surface area contributed by atoms with Gasteiger partial charge < -0.3 is 14.4 Å². The van der Waals surface area contributed by atoms with Gasteiger partial charge in [-0.15, -0.1) is 6.58 Å². The van der Waals surface area contributed by atoms with Gasteiger partial charge in [0.2, 0.25) is 0 Å². The molecule has 1 fully saturated rings. The fourth-order valence-corrected chi connectivity index (χ4v) is 3.24. The van der Waals surface area contributed by atoms with Crippen LogP contribution in [0.25, 0.3) is 0 Å². The highest BCUT2D eigenvalue weighted by molar-refractivity contribution is 5.72. The van der Waals surface area contributed by atoms with Gasteiger partial charge in [0.05, 0.1) is 38.8 Å². The zero-order chi connectivity index (χ0) is 17.2. The van der Waals surface area contributed by atoms with Gasteiger partial charge in [0.1, 0.15) is 5.75 Å². The number of hydrogen-bond donors (Lipinski definition) is 1. The molecule has 24 heavy (non-hydrogen) atoms. The minimum absolute atomic E-state index is 0.0151. The number of benzene rings is 1. The molecule has 2 rings (SSSR count). The molecule has 0 radical (unpaired) electrons. The molecule has 0 amide bonds. The third-order valence-corrected chi connectivity index (χ3v) is 4.58. The van der Waals surface area contributed by atoms with Crippen molar-refractivity contribution in [3.8, 4) is 5.75 Å². The maximum Gasteiger partial charge on any atom is 0.309 e. The van der Waals surface area contributed by atoms with Crippen LogP contribution < -0.4 is 9.64 Å². The monoisotopic (exact) mass is 332 g/mol. The average molecular weight is 332 g/mol. The highest BCUT2D eigenvalue weighted by atomic mass is 16.5. The Kier molecular flexibility index (Phi) is 7.83. The number of esters is 1. The molecule has 0 aromatic heterocycles. The summed E-state index contributed by atoms with van der Waals surface area (Å²) in [6.07, 6.45) is 5.65. The molecule has 1 N–H and O–H groups in total. The van der Waals surface area contributed by atoms with Crippen molar-refractivity contribution in [3.05, 3.63) is 42.5 Å². The Morgan fingerprint density at radius 2 is 2.08 bits per heavy atom. The molecule has 1 aromatic rings. The molecule has 1 aliphatic rings. The molecule has 1 heterocycles. The SMILES string of the molecule is C=CCc1ccccc1OCCC[NH+]1CCC(C(=O)OCC)CC1. The van der Waals surface area contributed by atoms with E-state index in [-0.39, 0.29) is 11.9 Å². The van der Waals surface area contributed by atoms with Crippen LogP contribution in [0.3, 0.4) is 0 Å². The van der Waals surface area contributed by atoms with Crippen LogP contribution in [-0.2, 0) is 16.0 Å². The Morgan fingerprint density at radius 1 is 1.33 bits per heavy atom. The summed E-state index contributed by atoms with van der Waals surface area (Å²) in [4.78, 5) is 13.3. The van der Waals surface area contributed by atoms with Crippen LogP contribution in [0.4, 0.5) is 0 Å². The normalized spacial score (nSPS) is 20.4. The first-order valence-corrected chi connectivity index (χ1v) is 9.06. The molecule has 0 unspecified atom stereocenters. The van der Waals surface area contributed by atoms with Crippen LogP contribution in [0.5, 0.6) is 5.75 Å². The van der Waals surface area contributed by atoms with Crippen LogP contribution in [-0.4, -0.2) is 38.8 Å². The van der Waals surface area contributed by atoms with E-state index in [1.165, 1.54) is 5.56 Å². The van der Waals surface area contributed by atoms with Crippen molar-refractivity contribution in [2.24, 2.45) is 5.92 Å². The molecule has 132 valence electrons. The second-order valence-corrected chi connectivity index (χ2v) is 6.33. The minimum atomic E-state index is -0.0151. The van der Waals surface area contributed by atoms with Crippen molar-refractivity contribution in [2.75, 3.05) is 32.8 Å². The summed E-state index contributed by atoms with van der Waals surface area (Å²) in [5, 5.41) is 0. The number of carbonyl (C=O) groups excluding carboxylic acids is 1. The second-order valence-electron chi connectivity index (χ2n) is 6.33. The summed E-state index contributed by atoms with van der Waals surface area (Å²) in [6, 6.07) is 8.15. The van der Waals surface area contributed by atoms with E-state index in [1.807, 2.05) is 31.2 Å². The first-order valence-electron chi connectivity index (χ1n) is 9.06. The van der Waals surface area contributed by atoms with Gasteiger partial charge in [0, 0.05) is 19.3 Å². The molecule has 0 atom stereocenters. The van der Waals surface area contributed by atoms with Gasteiger partial charge in [-0.3, -0.25) is 4.79 Å². The van der Waals surface area contributed by atoms with Gasteiger partial charge in [-0.1, -0.05) is 24.3 Å². The molecule has 1 aliphatic heterocycles. The Hall–Kier alpha value is -1.81. The third kappa shape index (κ3) is 5.68. The lowest BCUT2D eigenvalue weighted by Gasteiger charge is -2.28. The number of likely N-dealkylation sites (tertiary alicyclic amines) is 1. The number of quaternary nitrogens is 1. The van der Waals surface area contributed by atoms with E-state index < -0.39 is 0 Å². The molecule has 0 aliphatic carbocycles. The lowest BCUT2D eigenvalue weighted by atomic mass is 9.97. The van der Waals surface area contributed by atoms with Crippen LogP contribution in [0, 0.1) is 5.92 Å². The Labute approximate surface area is 145 Å². The van der Waals surface area contributed by atoms with Crippen molar-refractivity contribution in [3.63, 3.8) is 0 Å². The summed E-state index contributed by atoms with van der Waals surface area (Å²) >= 11 is 0. The van der Waals surface area contributed by atoms with E-state index in [0.29, 0.717) is 6.61 Å². The highest BCUT2D eigenvalue weighted by Gasteiger charge is 2.27. The molecule has 0 saturated carbocycles. The van der Waals surface area contributed by atoms with Crippen LogP contribution in [0.1, 0.15) is 31.7 Å². The first-order chi connectivity index (χ1) is 11.7. The number of ether oxygens (including phenoxy) is 2. The smallest absolute Gasteiger partial charge is 0.309 e. The van der Waals surface area contributed by atoms with Gasteiger partial charge in [-0.05, 0) is 25.0 Å². The van der Waals surface area contributed by atoms with Crippen molar-refractivity contribution in [1.29, 1.82) is 0 Å². The third-order valence-electron chi connectivity index (χ3n) is 4.58. The minimum Gasteiger partial charge on any atom is -0.493 e. The maximum atomic E-state index is 11.7. The quantitative estimate of drug-likeness (QED) is 0.427. The fraction of sp³-hybridized carbons (Fsp3) is 0.550.